The van der Waals surface area contributed by atoms with Crippen LogP contribution in [-0.2, 0) is 0 Å². The van der Waals surface area contributed by atoms with Gasteiger partial charge in [-0.05, 0) is 47.5 Å². The Kier molecular flexibility index (Phi) is 6.31. The lowest BCUT2D eigenvalue weighted by Gasteiger charge is -1.94. The van der Waals surface area contributed by atoms with Crippen molar-refractivity contribution < 1.29 is 4.79 Å². The third-order valence-corrected chi connectivity index (χ3v) is 4.59. The molecule has 0 aliphatic carbocycles. The minimum absolute atomic E-state index is 0.207. The van der Waals surface area contributed by atoms with Gasteiger partial charge < -0.3 is 0 Å². The molecule has 0 amide bonds. The van der Waals surface area contributed by atoms with Crippen molar-refractivity contribution in [1.29, 1.82) is 0 Å². The molecule has 0 spiro atoms. The van der Waals surface area contributed by atoms with Crippen molar-refractivity contribution in [3.8, 4) is 0 Å². The van der Waals surface area contributed by atoms with Gasteiger partial charge in [0.05, 0.1) is 10.6 Å². The SMILES string of the molecule is CN=C(/C=C\CCC(=O)c1cccs1)/C=C/c1cccs1. The van der Waals surface area contributed by atoms with Crippen molar-refractivity contribution in [3.05, 3.63) is 63.0 Å². The molecule has 108 valence electrons. The van der Waals surface area contributed by atoms with Crippen LogP contribution in [0.15, 0.2) is 58.2 Å². The molecular formula is C17H17NOS2. The quantitative estimate of drug-likeness (QED) is 0.515. The normalized spacial score (nSPS) is 12.5. The summed E-state index contributed by atoms with van der Waals surface area (Å²) in [7, 11) is 1.77. The van der Waals surface area contributed by atoms with Crippen LogP contribution in [0.2, 0.25) is 0 Å². The fraction of sp³-hybridized carbons (Fsp3) is 0.176. The minimum Gasteiger partial charge on any atom is -0.293 e. The van der Waals surface area contributed by atoms with E-state index < -0.39 is 0 Å². The van der Waals surface area contributed by atoms with Crippen LogP contribution in [0.1, 0.15) is 27.4 Å². The Morgan fingerprint density at radius 3 is 2.67 bits per heavy atom. The van der Waals surface area contributed by atoms with Gasteiger partial charge in [0.15, 0.2) is 5.78 Å². The molecule has 0 saturated heterocycles. The molecule has 2 nitrogen and oxygen atoms in total. The van der Waals surface area contributed by atoms with Gasteiger partial charge in [-0.1, -0.05) is 18.2 Å². The zero-order valence-corrected chi connectivity index (χ0v) is 13.5. The Balaban J connectivity index is 1.81. The van der Waals surface area contributed by atoms with Crippen LogP contribution in [-0.4, -0.2) is 18.5 Å². The van der Waals surface area contributed by atoms with E-state index in [-0.39, 0.29) is 5.78 Å². The third-order valence-electron chi connectivity index (χ3n) is 2.84. The monoisotopic (exact) mass is 315 g/mol. The van der Waals surface area contributed by atoms with E-state index in [1.165, 1.54) is 16.2 Å². The summed E-state index contributed by atoms with van der Waals surface area (Å²) in [5, 5.41) is 3.98. The number of ketones is 1. The Bertz CT molecular complexity index is 634. The van der Waals surface area contributed by atoms with Gasteiger partial charge in [-0.3, -0.25) is 9.79 Å². The summed E-state index contributed by atoms with van der Waals surface area (Å²) in [5.74, 6) is 0.207. The van der Waals surface area contributed by atoms with Crippen LogP contribution < -0.4 is 0 Å². The number of thiophene rings is 2. The highest BCUT2D eigenvalue weighted by atomic mass is 32.1. The Hall–Kier alpha value is -1.78. The number of rotatable bonds is 7. The molecule has 4 heteroatoms. The maximum Gasteiger partial charge on any atom is 0.173 e. The molecule has 0 aliphatic heterocycles. The molecule has 2 aromatic heterocycles. The zero-order chi connectivity index (χ0) is 14.9. The molecule has 0 aromatic carbocycles. The van der Waals surface area contributed by atoms with Crippen LogP contribution in [0, 0.1) is 0 Å². The van der Waals surface area contributed by atoms with E-state index in [0.29, 0.717) is 6.42 Å². The van der Waals surface area contributed by atoms with E-state index in [1.54, 1.807) is 18.4 Å². The summed E-state index contributed by atoms with van der Waals surface area (Å²) in [4.78, 5) is 18.1. The predicted octanol–water partition coefficient (Wildman–Crippen LogP) is 5.11. The molecule has 2 heterocycles. The highest BCUT2D eigenvalue weighted by molar-refractivity contribution is 7.12. The van der Waals surface area contributed by atoms with Crippen molar-refractivity contribution in [1.82, 2.24) is 0 Å². The van der Waals surface area contributed by atoms with E-state index in [1.807, 2.05) is 47.9 Å². The van der Waals surface area contributed by atoms with Gasteiger partial charge in [0.2, 0.25) is 0 Å². The Labute approximate surface area is 133 Å². The maximum atomic E-state index is 11.8. The van der Waals surface area contributed by atoms with Gasteiger partial charge in [0.1, 0.15) is 0 Å². The van der Waals surface area contributed by atoms with E-state index in [9.17, 15) is 4.79 Å². The number of hydrogen-bond donors (Lipinski definition) is 0. The summed E-state index contributed by atoms with van der Waals surface area (Å²) in [6.07, 6.45) is 9.29. The second kappa shape index (κ2) is 8.49. The first kappa shape index (κ1) is 15.6. The molecular weight excluding hydrogens is 298 g/mol. The van der Waals surface area contributed by atoms with Crippen LogP contribution in [0.3, 0.4) is 0 Å². The molecule has 0 radical (unpaired) electrons. The summed E-state index contributed by atoms with van der Waals surface area (Å²) in [6.45, 7) is 0. The van der Waals surface area contributed by atoms with E-state index in [4.69, 9.17) is 0 Å². The third kappa shape index (κ3) is 5.25. The molecule has 0 saturated carbocycles. The standard InChI is InChI=1S/C17H17NOS2/c1-18-14(10-11-15-7-4-12-20-15)6-2-3-8-16(19)17-9-5-13-21-17/h2,4-7,9-13H,3,8H2,1H3/b6-2-,11-10+,18-14?. The lowest BCUT2D eigenvalue weighted by molar-refractivity contribution is 0.0987. The van der Waals surface area contributed by atoms with Crippen LogP contribution in [0.5, 0.6) is 0 Å². The smallest absolute Gasteiger partial charge is 0.173 e. The summed E-state index contributed by atoms with van der Waals surface area (Å²) in [6, 6.07) is 7.88. The molecule has 2 rings (SSSR count). The first-order chi connectivity index (χ1) is 10.3. The molecule has 0 N–H and O–H groups in total. The van der Waals surface area contributed by atoms with E-state index >= 15 is 0 Å². The number of Topliss-reactive ketones (excluding diaryl/α,β-unsaturated/α-hetero) is 1. The topological polar surface area (TPSA) is 29.4 Å². The lowest BCUT2D eigenvalue weighted by Crippen LogP contribution is -1.94. The van der Waals surface area contributed by atoms with Crippen LogP contribution >= 0.6 is 22.7 Å². The van der Waals surface area contributed by atoms with Crippen LogP contribution in [0.4, 0.5) is 0 Å². The minimum atomic E-state index is 0.207. The Morgan fingerprint density at radius 1 is 1.19 bits per heavy atom. The van der Waals surface area contributed by atoms with Crippen molar-refractivity contribution in [3.63, 3.8) is 0 Å². The number of carbonyl (C=O) groups excluding carboxylic acids is 1. The molecule has 0 bridgehead atoms. The first-order valence-electron chi connectivity index (χ1n) is 6.71. The van der Waals surface area contributed by atoms with Gasteiger partial charge >= 0.3 is 0 Å². The lowest BCUT2D eigenvalue weighted by atomic mass is 10.1. The number of aliphatic imine (C=N–C) groups is 1. The van der Waals surface area contributed by atoms with Gasteiger partial charge in [-0.15, -0.1) is 22.7 Å². The van der Waals surface area contributed by atoms with Gasteiger partial charge in [-0.2, -0.15) is 0 Å². The number of allylic oxidation sites excluding steroid dienone is 3. The summed E-state index contributed by atoms with van der Waals surface area (Å²) >= 11 is 3.20. The second-order valence-electron chi connectivity index (χ2n) is 4.34. The summed E-state index contributed by atoms with van der Waals surface area (Å²) < 4.78 is 0. The van der Waals surface area contributed by atoms with Crippen molar-refractivity contribution in [2.75, 3.05) is 7.05 Å². The van der Waals surface area contributed by atoms with Gasteiger partial charge in [0, 0.05) is 18.3 Å². The summed E-state index contributed by atoms with van der Waals surface area (Å²) in [5.41, 5.74) is 0.909. The average molecular weight is 315 g/mol. The molecule has 0 fully saturated rings. The van der Waals surface area contributed by atoms with Gasteiger partial charge in [0.25, 0.3) is 0 Å². The Morgan fingerprint density at radius 2 is 2.00 bits per heavy atom. The van der Waals surface area contributed by atoms with E-state index in [0.717, 1.165) is 17.0 Å². The number of nitrogens with zero attached hydrogens (tertiary/aromatic N) is 1. The highest BCUT2D eigenvalue weighted by Crippen LogP contribution is 2.13. The largest absolute Gasteiger partial charge is 0.293 e. The number of carbonyl (C=O) groups is 1. The second-order valence-corrected chi connectivity index (χ2v) is 6.27. The zero-order valence-electron chi connectivity index (χ0n) is 11.9. The van der Waals surface area contributed by atoms with E-state index in [2.05, 4.69) is 16.4 Å². The van der Waals surface area contributed by atoms with Crippen LogP contribution in [0.25, 0.3) is 6.08 Å². The van der Waals surface area contributed by atoms with Crippen molar-refractivity contribution >= 4 is 40.2 Å². The van der Waals surface area contributed by atoms with Crippen molar-refractivity contribution in [2.45, 2.75) is 12.8 Å². The molecule has 0 unspecified atom stereocenters. The fourth-order valence-corrected chi connectivity index (χ4v) is 3.05. The fourth-order valence-electron chi connectivity index (χ4n) is 1.74. The molecule has 0 atom stereocenters. The molecule has 2 aromatic rings. The van der Waals surface area contributed by atoms with Crippen molar-refractivity contribution in [2.24, 2.45) is 4.99 Å². The highest BCUT2D eigenvalue weighted by Gasteiger charge is 2.04. The maximum absolute atomic E-state index is 11.8. The van der Waals surface area contributed by atoms with Gasteiger partial charge in [-0.25, -0.2) is 0 Å². The predicted molar refractivity (Wildman–Crippen MR) is 93.7 cm³/mol. The number of hydrogen-bond acceptors (Lipinski definition) is 4. The average Bonchev–Trinajstić information content (AvgIpc) is 3.19. The molecule has 21 heavy (non-hydrogen) atoms. The molecule has 0 aliphatic rings. The first-order valence-corrected chi connectivity index (χ1v) is 8.47.